The van der Waals surface area contributed by atoms with Crippen LogP contribution in [0.25, 0.3) is 0 Å². The zero-order valence-corrected chi connectivity index (χ0v) is 6.58. The molecule has 1 aliphatic heterocycles. The molecule has 0 saturated carbocycles. The molecule has 10 heavy (non-hydrogen) atoms. The van der Waals surface area contributed by atoms with E-state index in [0.29, 0.717) is 12.1 Å². The fourth-order valence-electron chi connectivity index (χ4n) is 1.57. The first-order chi connectivity index (χ1) is 4.75. The van der Waals surface area contributed by atoms with Crippen molar-refractivity contribution >= 4 is 0 Å². The van der Waals surface area contributed by atoms with Crippen molar-refractivity contribution in [3.63, 3.8) is 0 Å². The molecule has 0 spiro atoms. The molecule has 1 saturated heterocycles. The van der Waals surface area contributed by atoms with Crippen LogP contribution >= 0.6 is 0 Å². The molecule has 1 heterocycles. The van der Waals surface area contributed by atoms with E-state index in [0.717, 1.165) is 12.8 Å². The predicted octanol–water partition coefficient (Wildman–Crippen LogP) is 1.93. The second kappa shape index (κ2) is 2.99. The Morgan fingerprint density at radius 3 is 2.10 bits per heavy atom. The van der Waals surface area contributed by atoms with Crippen LogP contribution in [0, 0.1) is 4.91 Å². The van der Waals surface area contributed by atoms with Gasteiger partial charge in [0, 0.05) is 12.1 Å². The smallest absolute Gasteiger partial charge is 0.0529 e. The minimum absolute atomic E-state index is 0.348. The third kappa shape index (κ3) is 1.28. The molecule has 0 amide bonds. The predicted molar refractivity (Wildman–Crippen MR) is 40.4 cm³/mol. The van der Waals surface area contributed by atoms with Gasteiger partial charge in [-0.05, 0) is 33.1 Å². The summed E-state index contributed by atoms with van der Waals surface area (Å²) in [5, 5.41) is 4.66. The van der Waals surface area contributed by atoms with Crippen LogP contribution in [-0.4, -0.2) is 17.1 Å². The van der Waals surface area contributed by atoms with Gasteiger partial charge < -0.3 is 0 Å². The lowest BCUT2D eigenvalue weighted by atomic mass is 10.0. The third-order valence-electron chi connectivity index (χ3n) is 2.24. The van der Waals surface area contributed by atoms with Gasteiger partial charge in [-0.2, -0.15) is 0 Å². The molecule has 3 nitrogen and oxygen atoms in total. The van der Waals surface area contributed by atoms with Gasteiger partial charge in [0.25, 0.3) is 0 Å². The summed E-state index contributed by atoms with van der Waals surface area (Å²) in [5.74, 6) is 0. The van der Waals surface area contributed by atoms with Crippen LogP contribution in [0.15, 0.2) is 5.29 Å². The van der Waals surface area contributed by atoms with Crippen molar-refractivity contribution < 1.29 is 0 Å². The van der Waals surface area contributed by atoms with E-state index in [-0.39, 0.29) is 0 Å². The van der Waals surface area contributed by atoms with Crippen molar-refractivity contribution in [2.24, 2.45) is 5.29 Å². The maximum absolute atomic E-state index is 10.3. The number of hydrogen-bond donors (Lipinski definition) is 0. The van der Waals surface area contributed by atoms with Crippen LogP contribution in [0.2, 0.25) is 0 Å². The summed E-state index contributed by atoms with van der Waals surface area (Å²) in [6.45, 7) is 4.11. The lowest BCUT2D eigenvalue weighted by Crippen LogP contribution is -2.39. The lowest BCUT2D eigenvalue weighted by Gasteiger charge is -2.33. The topological polar surface area (TPSA) is 32.7 Å². The van der Waals surface area contributed by atoms with E-state index in [1.807, 2.05) is 0 Å². The van der Waals surface area contributed by atoms with E-state index in [2.05, 4.69) is 19.1 Å². The van der Waals surface area contributed by atoms with E-state index in [1.54, 1.807) is 5.01 Å². The highest BCUT2D eigenvalue weighted by Crippen LogP contribution is 2.21. The minimum Gasteiger partial charge on any atom is -0.255 e. The molecule has 2 atom stereocenters. The third-order valence-corrected chi connectivity index (χ3v) is 2.24. The Bertz CT molecular complexity index is 117. The average molecular weight is 142 g/mol. The van der Waals surface area contributed by atoms with Crippen LogP contribution in [0.3, 0.4) is 0 Å². The van der Waals surface area contributed by atoms with Gasteiger partial charge in [0.15, 0.2) is 0 Å². The van der Waals surface area contributed by atoms with Gasteiger partial charge in [-0.3, -0.25) is 5.01 Å². The minimum atomic E-state index is 0.348. The highest BCUT2D eigenvalue weighted by molar-refractivity contribution is 4.75. The van der Waals surface area contributed by atoms with Crippen molar-refractivity contribution in [1.82, 2.24) is 5.01 Å². The Morgan fingerprint density at radius 2 is 1.80 bits per heavy atom. The van der Waals surface area contributed by atoms with Crippen molar-refractivity contribution in [3.05, 3.63) is 4.91 Å². The molecule has 0 bridgehead atoms. The van der Waals surface area contributed by atoms with Gasteiger partial charge in [0.2, 0.25) is 0 Å². The van der Waals surface area contributed by atoms with Crippen LogP contribution in [0.4, 0.5) is 0 Å². The maximum atomic E-state index is 10.3. The molecule has 0 aliphatic carbocycles. The van der Waals surface area contributed by atoms with Crippen LogP contribution < -0.4 is 0 Å². The number of rotatable bonds is 1. The summed E-state index contributed by atoms with van der Waals surface area (Å²) in [7, 11) is 0. The Morgan fingerprint density at radius 1 is 1.30 bits per heavy atom. The summed E-state index contributed by atoms with van der Waals surface area (Å²) < 4.78 is 0. The summed E-state index contributed by atoms with van der Waals surface area (Å²) in [6, 6.07) is 0.697. The Balaban J connectivity index is 2.53. The molecule has 1 fully saturated rings. The molecular formula is C7H14N2O. The molecule has 0 aromatic rings. The second-order valence-corrected chi connectivity index (χ2v) is 3.09. The summed E-state index contributed by atoms with van der Waals surface area (Å²) in [6.07, 6.45) is 3.44. The van der Waals surface area contributed by atoms with Gasteiger partial charge in [-0.1, -0.05) is 0 Å². The molecule has 58 valence electrons. The number of nitrogens with zero attached hydrogens (tertiary/aromatic N) is 2. The first-order valence-electron chi connectivity index (χ1n) is 3.87. The number of nitroso groups, excluding NO2 is 1. The van der Waals surface area contributed by atoms with Gasteiger partial charge in [0.05, 0.1) is 5.29 Å². The second-order valence-electron chi connectivity index (χ2n) is 3.09. The molecular weight excluding hydrogens is 128 g/mol. The molecule has 0 radical (unpaired) electrons. The lowest BCUT2D eigenvalue weighted by molar-refractivity contribution is 0.106. The molecule has 0 aromatic carbocycles. The highest BCUT2D eigenvalue weighted by Gasteiger charge is 2.23. The van der Waals surface area contributed by atoms with Crippen molar-refractivity contribution in [2.75, 3.05) is 0 Å². The number of piperidine rings is 1. The van der Waals surface area contributed by atoms with Crippen molar-refractivity contribution in [1.29, 1.82) is 0 Å². The van der Waals surface area contributed by atoms with Gasteiger partial charge in [-0.25, -0.2) is 0 Å². The van der Waals surface area contributed by atoms with E-state index >= 15 is 0 Å². The highest BCUT2D eigenvalue weighted by atomic mass is 16.3. The fraction of sp³-hybridized carbons (Fsp3) is 1.00. The van der Waals surface area contributed by atoms with E-state index in [1.165, 1.54) is 6.42 Å². The van der Waals surface area contributed by atoms with Crippen molar-refractivity contribution in [2.45, 2.75) is 45.2 Å². The molecule has 0 aromatic heterocycles. The Hall–Kier alpha value is -0.600. The van der Waals surface area contributed by atoms with E-state index in [4.69, 9.17) is 0 Å². The van der Waals surface area contributed by atoms with Crippen LogP contribution in [0.5, 0.6) is 0 Å². The van der Waals surface area contributed by atoms with Crippen LogP contribution in [-0.2, 0) is 0 Å². The summed E-state index contributed by atoms with van der Waals surface area (Å²) >= 11 is 0. The van der Waals surface area contributed by atoms with E-state index < -0.39 is 0 Å². The summed E-state index contributed by atoms with van der Waals surface area (Å²) in [5.41, 5.74) is 0. The Kier molecular flexibility index (Phi) is 2.25. The number of hydrogen-bond acceptors (Lipinski definition) is 2. The molecule has 1 rings (SSSR count). The standard InChI is InChI=1S/C7H14N2O/c1-6-4-3-5-7(2)9(6)8-10/h6-7H,3-5H2,1-2H3/t6-,7+. The first kappa shape index (κ1) is 7.51. The van der Waals surface area contributed by atoms with Gasteiger partial charge in [-0.15, -0.1) is 4.91 Å². The van der Waals surface area contributed by atoms with Crippen LogP contribution in [0.1, 0.15) is 33.1 Å². The van der Waals surface area contributed by atoms with Gasteiger partial charge >= 0.3 is 0 Å². The summed E-state index contributed by atoms with van der Waals surface area (Å²) in [4.78, 5) is 10.3. The van der Waals surface area contributed by atoms with Gasteiger partial charge in [0.1, 0.15) is 0 Å². The quantitative estimate of drug-likeness (QED) is 0.524. The normalized spacial score (nSPS) is 34.0. The zero-order chi connectivity index (χ0) is 7.56. The molecule has 1 aliphatic rings. The first-order valence-corrected chi connectivity index (χ1v) is 3.87. The largest absolute Gasteiger partial charge is 0.255 e. The Labute approximate surface area is 61.3 Å². The SMILES string of the molecule is C[C@@H]1CCC[C@H](C)N1N=O. The molecule has 3 heteroatoms. The molecule has 0 N–H and O–H groups in total. The average Bonchev–Trinajstić information content (AvgIpc) is 1.88. The maximum Gasteiger partial charge on any atom is 0.0529 e. The van der Waals surface area contributed by atoms with Crippen molar-refractivity contribution in [3.8, 4) is 0 Å². The zero-order valence-electron chi connectivity index (χ0n) is 6.58. The van der Waals surface area contributed by atoms with E-state index in [9.17, 15) is 4.91 Å². The monoisotopic (exact) mass is 142 g/mol. The molecule has 0 unspecified atom stereocenters. The fourth-order valence-corrected chi connectivity index (χ4v) is 1.57.